The predicted octanol–water partition coefficient (Wildman–Crippen LogP) is 3.31. The minimum Gasteiger partial charge on any atom is -0.244 e. The van der Waals surface area contributed by atoms with Crippen molar-refractivity contribution in [3.05, 3.63) is 0 Å². The molecule has 0 saturated heterocycles. The lowest BCUT2D eigenvalue weighted by Gasteiger charge is -2.32. The van der Waals surface area contributed by atoms with Crippen LogP contribution in [-0.4, -0.2) is 5.67 Å². The van der Waals surface area contributed by atoms with Crippen molar-refractivity contribution in [1.82, 2.24) is 0 Å². The largest absolute Gasteiger partial charge is 0.244 e. The van der Waals surface area contributed by atoms with Crippen LogP contribution in [0.1, 0.15) is 46.0 Å². The van der Waals surface area contributed by atoms with Gasteiger partial charge in [-0.1, -0.05) is 26.7 Å². The molecule has 10 heavy (non-hydrogen) atoms. The molecule has 0 unspecified atom stereocenters. The van der Waals surface area contributed by atoms with Crippen LogP contribution in [0.2, 0.25) is 0 Å². The van der Waals surface area contributed by atoms with Crippen LogP contribution >= 0.6 is 0 Å². The third-order valence-corrected chi connectivity index (χ3v) is 2.67. The summed E-state index contributed by atoms with van der Waals surface area (Å²) in [6, 6.07) is 0. The Balaban J connectivity index is 2.45. The number of hydrogen-bond acceptors (Lipinski definition) is 0. The molecule has 1 saturated carbocycles. The molecule has 0 amide bonds. The summed E-state index contributed by atoms with van der Waals surface area (Å²) in [5.74, 6) is 0.610. The Hall–Kier alpha value is -0.0700. The zero-order chi connectivity index (χ0) is 7.61. The maximum atomic E-state index is 13.6. The van der Waals surface area contributed by atoms with E-state index in [4.69, 9.17) is 0 Å². The normalized spacial score (nSPS) is 41.7. The average molecular weight is 144 g/mol. The highest BCUT2D eigenvalue weighted by Crippen LogP contribution is 2.37. The molecular weight excluding hydrogens is 127 g/mol. The minimum atomic E-state index is -0.808. The fourth-order valence-corrected chi connectivity index (χ4v) is 1.92. The molecule has 1 aliphatic carbocycles. The van der Waals surface area contributed by atoms with E-state index in [0.29, 0.717) is 12.3 Å². The Morgan fingerprint density at radius 3 is 2.70 bits per heavy atom. The van der Waals surface area contributed by atoms with Gasteiger partial charge in [0.2, 0.25) is 0 Å². The lowest BCUT2D eigenvalue weighted by molar-refractivity contribution is 0.0762. The van der Waals surface area contributed by atoms with Crippen LogP contribution in [0.3, 0.4) is 0 Å². The Labute approximate surface area is 62.8 Å². The van der Waals surface area contributed by atoms with Crippen molar-refractivity contribution >= 4 is 0 Å². The number of hydrogen-bond donors (Lipinski definition) is 0. The van der Waals surface area contributed by atoms with Crippen molar-refractivity contribution in [3.8, 4) is 0 Å². The van der Waals surface area contributed by atoms with E-state index in [1.54, 1.807) is 0 Å². The molecule has 0 heterocycles. The van der Waals surface area contributed by atoms with Crippen LogP contribution in [0.4, 0.5) is 4.39 Å². The molecule has 1 rings (SSSR count). The van der Waals surface area contributed by atoms with Gasteiger partial charge < -0.3 is 0 Å². The van der Waals surface area contributed by atoms with E-state index < -0.39 is 5.67 Å². The molecule has 0 aromatic carbocycles. The summed E-state index contributed by atoms with van der Waals surface area (Å²) in [5, 5.41) is 0. The first-order valence-corrected chi connectivity index (χ1v) is 4.35. The first-order valence-electron chi connectivity index (χ1n) is 4.35. The molecule has 1 fully saturated rings. The minimum absolute atomic E-state index is 0.610. The van der Waals surface area contributed by atoms with Crippen LogP contribution in [0.15, 0.2) is 0 Å². The monoisotopic (exact) mass is 144 g/mol. The fraction of sp³-hybridized carbons (Fsp3) is 1.00. The van der Waals surface area contributed by atoms with Gasteiger partial charge in [-0.15, -0.1) is 0 Å². The standard InChI is InChI=1S/C9H17F/c1-3-9(10)6-4-5-8(2)7-9/h8H,3-7H2,1-2H3/t8-,9-/m1/s1. The SMILES string of the molecule is CC[C@@]1(F)CCC[C@@H](C)C1. The van der Waals surface area contributed by atoms with Crippen LogP contribution in [0.5, 0.6) is 0 Å². The molecule has 0 aliphatic heterocycles. The van der Waals surface area contributed by atoms with Gasteiger partial charge in [-0.3, -0.25) is 0 Å². The summed E-state index contributed by atoms with van der Waals surface area (Å²) in [5.41, 5.74) is -0.808. The van der Waals surface area contributed by atoms with Gasteiger partial charge in [-0.25, -0.2) is 4.39 Å². The number of rotatable bonds is 1. The van der Waals surface area contributed by atoms with E-state index in [9.17, 15) is 4.39 Å². The third-order valence-electron chi connectivity index (χ3n) is 2.67. The molecule has 0 N–H and O–H groups in total. The van der Waals surface area contributed by atoms with Gasteiger partial charge in [0, 0.05) is 0 Å². The van der Waals surface area contributed by atoms with Gasteiger partial charge in [0.25, 0.3) is 0 Å². The van der Waals surface area contributed by atoms with Gasteiger partial charge in [-0.05, 0) is 25.2 Å². The van der Waals surface area contributed by atoms with E-state index >= 15 is 0 Å². The van der Waals surface area contributed by atoms with Crippen molar-refractivity contribution in [2.75, 3.05) is 0 Å². The highest BCUT2D eigenvalue weighted by molar-refractivity contribution is 4.83. The first kappa shape index (κ1) is 8.03. The molecular formula is C9H17F. The second-order valence-corrected chi connectivity index (χ2v) is 3.71. The van der Waals surface area contributed by atoms with Crippen molar-refractivity contribution in [2.24, 2.45) is 5.92 Å². The van der Waals surface area contributed by atoms with Crippen molar-refractivity contribution < 1.29 is 4.39 Å². The molecule has 0 spiro atoms. The predicted molar refractivity (Wildman–Crippen MR) is 41.8 cm³/mol. The van der Waals surface area contributed by atoms with Crippen molar-refractivity contribution in [2.45, 2.75) is 51.6 Å². The first-order chi connectivity index (χ1) is 4.66. The summed E-state index contributed by atoms with van der Waals surface area (Å²) in [6.45, 7) is 4.11. The lowest BCUT2D eigenvalue weighted by atomic mass is 9.79. The molecule has 2 atom stereocenters. The van der Waals surface area contributed by atoms with Gasteiger partial charge in [0.1, 0.15) is 5.67 Å². The van der Waals surface area contributed by atoms with E-state index in [0.717, 1.165) is 19.3 Å². The lowest BCUT2D eigenvalue weighted by Crippen LogP contribution is -2.28. The van der Waals surface area contributed by atoms with E-state index in [1.807, 2.05) is 6.92 Å². The maximum absolute atomic E-state index is 13.6. The molecule has 0 radical (unpaired) electrons. The Bertz CT molecular complexity index is 111. The van der Waals surface area contributed by atoms with Crippen LogP contribution in [0.25, 0.3) is 0 Å². The smallest absolute Gasteiger partial charge is 0.111 e. The molecule has 1 aliphatic rings. The Kier molecular flexibility index (Phi) is 2.32. The zero-order valence-corrected chi connectivity index (χ0v) is 6.99. The number of alkyl halides is 1. The fourth-order valence-electron chi connectivity index (χ4n) is 1.92. The summed E-state index contributed by atoms with van der Waals surface area (Å²) < 4.78 is 13.6. The maximum Gasteiger partial charge on any atom is 0.111 e. The Morgan fingerprint density at radius 1 is 1.60 bits per heavy atom. The molecule has 0 nitrogen and oxygen atoms in total. The quantitative estimate of drug-likeness (QED) is 0.529. The highest BCUT2D eigenvalue weighted by atomic mass is 19.1. The molecule has 60 valence electrons. The van der Waals surface area contributed by atoms with E-state index in [1.165, 1.54) is 6.42 Å². The molecule has 0 aromatic heterocycles. The van der Waals surface area contributed by atoms with Gasteiger partial charge in [0.15, 0.2) is 0 Å². The third kappa shape index (κ3) is 1.71. The number of halogens is 1. The summed E-state index contributed by atoms with van der Waals surface area (Å²) in [4.78, 5) is 0. The van der Waals surface area contributed by atoms with Gasteiger partial charge >= 0.3 is 0 Å². The highest BCUT2D eigenvalue weighted by Gasteiger charge is 2.32. The molecule has 1 heteroatoms. The second-order valence-electron chi connectivity index (χ2n) is 3.71. The van der Waals surface area contributed by atoms with Gasteiger partial charge in [0.05, 0.1) is 0 Å². The van der Waals surface area contributed by atoms with E-state index in [-0.39, 0.29) is 0 Å². The summed E-state index contributed by atoms with van der Waals surface area (Å²) in [7, 11) is 0. The molecule has 0 aromatic rings. The topological polar surface area (TPSA) is 0 Å². The molecule has 0 bridgehead atoms. The van der Waals surface area contributed by atoms with Gasteiger partial charge in [-0.2, -0.15) is 0 Å². The summed E-state index contributed by atoms with van der Waals surface area (Å²) >= 11 is 0. The average Bonchev–Trinajstić information content (AvgIpc) is 1.88. The van der Waals surface area contributed by atoms with Crippen LogP contribution < -0.4 is 0 Å². The van der Waals surface area contributed by atoms with Crippen molar-refractivity contribution in [1.29, 1.82) is 0 Å². The summed E-state index contributed by atoms with van der Waals surface area (Å²) in [6.07, 6.45) is 4.62. The second kappa shape index (κ2) is 2.89. The van der Waals surface area contributed by atoms with Crippen molar-refractivity contribution in [3.63, 3.8) is 0 Å². The van der Waals surface area contributed by atoms with Crippen LogP contribution in [0, 0.1) is 5.92 Å². The van der Waals surface area contributed by atoms with Crippen LogP contribution in [-0.2, 0) is 0 Å². The Morgan fingerprint density at radius 2 is 2.30 bits per heavy atom. The zero-order valence-electron chi connectivity index (χ0n) is 6.99. The van der Waals surface area contributed by atoms with E-state index in [2.05, 4.69) is 6.92 Å².